The van der Waals surface area contributed by atoms with Gasteiger partial charge in [-0.2, -0.15) is 0 Å². The molecule has 8 nitrogen and oxygen atoms in total. The van der Waals surface area contributed by atoms with Crippen molar-refractivity contribution in [1.29, 1.82) is 0 Å². The zero-order chi connectivity index (χ0) is 15.2. The average Bonchev–Trinajstić information content (AvgIpc) is 2.46. The van der Waals surface area contributed by atoms with Gasteiger partial charge in [0.2, 0.25) is 0 Å². The number of carbonyl (C=O) groups excluding carboxylic acids is 1. The molecule has 1 aromatic carbocycles. The molecule has 0 unspecified atom stereocenters. The van der Waals surface area contributed by atoms with Crippen molar-refractivity contribution in [2.45, 2.75) is 12.5 Å². The monoisotopic (exact) mass is 296 g/mol. The summed E-state index contributed by atoms with van der Waals surface area (Å²) in [7, 11) is 0. The zero-order valence-electron chi connectivity index (χ0n) is 11.2. The first-order chi connectivity index (χ1) is 10.1. The molecule has 0 aliphatic carbocycles. The molecule has 114 valence electrons. The highest BCUT2D eigenvalue weighted by Crippen LogP contribution is 2.32. The maximum Gasteiger partial charge on any atom is 0.332 e. The van der Waals surface area contributed by atoms with Crippen molar-refractivity contribution in [1.82, 2.24) is 5.32 Å². The lowest BCUT2D eigenvalue weighted by Crippen LogP contribution is -2.33. The second-order valence-corrected chi connectivity index (χ2v) is 4.38. The van der Waals surface area contributed by atoms with Crippen LogP contribution in [-0.2, 0) is 4.79 Å². The van der Waals surface area contributed by atoms with Crippen LogP contribution in [0.4, 0.5) is 10.5 Å². The minimum atomic E-state index is -1.49. The predicted molar refractivity (Wildman–Crippen MR) is 72.7 cm³/mol. The molecule has 1 aliphatic heterocycles. The third kappa shape index (κ3) is 4.25. The minimum Gasteiger partial charge on any atom is -0.486 e. The SMILES string of the molecule is O=C(NCC[C@H](O)C(=O)O)Nc1ccc2c(c1)OCCO2. The number of aliphatic carboxylic acids is 1. The van der Waals surface area contributed by atoms with Gasteiger partial charge in [0.25, 0.3) is 0 Å². The van der Waals surface area contributed by atoms with Gasteiger partial charge in [0.05, 0.1) is 0 Å². The fourth-order valence-corrected chi connectivity index (χ4v) is 1.74. The number of anilines is 1. The average molecular weight is 296 g/mol. The predicted octanol–water partition coefficient (Wildman–Crippen LogP) is 0.415. The first-order valence-corrected chi connectivity index (χ1v) is 6.41. The van der Waals surface area contributed by atoms with Crippen molar-refractivity contribution in [2.24, 2.45) is 0 Å². The Bertz CT molecular complexity index is 533. The second-order valence-electron chi connectivity index (χ2n) is 4.38. The van der Waals surface area contributed by atoms with Gasteiger partial charge in [-0.05, 0) is 12.1 Å². The molecule has 2 amide bonds. The smallest absolute Gasteiger partial charge is 0.332 e. The van der Waals surface area contributed by atoms with Crippen molar-refractivity contribution in [3.8, 4) is 11.5 Å². The molecule has 1 heterocycles. The molecule has 1 atom stereocenters. The summed E-state index contributed by atoms with van der Waals surface area (Å²) >= 11 is 0. The number of amides is 2. The highest BCUT2D eigenvalue weighted by molar-refractivity contribution is 5.89. The fourth-order valence-electron chi connectivity index (χ4n) is 1.74. The van der Waals surface area contributed by atoms with Crippen LogP contribution in [0.15, 0.2) is 18.2 Å². The van der Waals surface area contributed by atoms with Gasteiger partial charge in [0, 0.05) is 24.7 Å². The van der Waals surface area contributed by atoms with Crippen LogP contribution in [0.5, 0.6) is 11.5 Å². The van der Waals surface area contributed by atoms with Crippen LogP contribution in [0.1, 0.15) is 6.42 Å². The van der Waals surface area contributed by atoms with Crippen LogP contribution in [-0.4, -0.2) is 48.1 Å². The van der Waals surface area contributed by atoms with Crippen molar-refractivity contribution in [3.05, 3.63) is 18.2 Å². The lowest BCUT2D eigenvalue weighted by molar-refractivity contribution is -0.146. The molecule has 1 aliphatic rings. The molecular weight excluding hydrogens is 280 g/mol. The molecule has 0 spiro atoms. The Balaban J connectivity index is 1.81. The first kappa shape index (κ1) is 14.9. The van der Waals surface area contributed by atoms with Crippen molar-refractivity contribution in [2.75, 3.05) is 25.1 Å². The number of hydrogen-bond acceptors (Lipinski definition) is 5. The number of hydrogen-bond donors (Lipinski definition) is 4. The summed E-state index contributed by atoms with van der Waals surface area (Å²) in [6.45, 7) is 0.992. The minimum absolute atomic E-state index is 0.0455. The van der Waals surface area contributed by atoms with Crippen LogP contribution in [0, 0.1) is 0 Å². The highest BCUT2D eigenvalue weighted by atomic mass is 16.6. The quantitative estimate of drug-likeness (QED) is 0.625. The molecule has 0 bridgehead atoms. The van der Waals surface area contributed by atoms with E-state index in [-0.39, 0.29) is 13.0 Å². The summed E-state index contributed by atoms with van der Waals surface area (Å²) in [4.78, 5) is 22.0. The van der Waals surface area contributed by atoms with E-state index >= 15 is 0 Å². The Morgan fingerprint density at radius 1 is 1.24 bits per heavy atom. The number of urea groups is 1. The summed E-state index contributed by atoms with van der Waals surface area (Å²) < 4.78 is 10.7. The molecule has 0 saturated carbocycles. The van der Waals surface area contributed by atoms with Crippen LogP contribution in [0.3, 0.4) is 0 Å². The number of benzene rings is 1. The Kier molecular flexibility index (Phi) is 4.83. The number of rotatable bonds is 5. The fraction of sp³-hybridized carbons (Fsp3) is 0.385. The summed E-state index contributed by atoms with van der Waals surface area (Å²) in [5.41, 5.74) is 0.524. The number of fused-ring (bicyclic) bond motifs is 1. The number of aliphatic hydroxyl groups is 1. The third-order valence-corrected chi connectivity index (χ3v) is 2.79. The van der Waals surface area contributed by atoms with Gasteiger partial charge in [-0.3, -0.25) is 0 Å². The molecule has 8 heteroatoms. The topological polar surface area (TPSA) is 117 Å². The van der Waals surface area contributed by atoms with E-state index in [1.807, 2.05) is 0 Å². The summed E-state index contributed by atoms with van der Waals surface area (Å²) in [6, 6.07) is 4.50. The van der Waals surface area contributed by atoms with E-state index in [1.165, 1.54) is 0 Å². The molecule has 0 saturated heterocycles. The molecular formula is C13H16N2O6. The standard InChI is InChI=1S/C13H16N2O6/c16-9(12(17)18)3-4-14-13(19)15-8-1-2-10-11(7-8)21-6-5-20-10/h1-2,7,9,16H,3-6H2,(H,17,18)(H2,14,15,19)/t9-/m0/s1. The molecule has 0 aromatic heterocycles. The summed E-state index contributed by atoms with van der Waals surface area (Å²) in [5, 5.41) is 22.6. The van der Waals surface area contributed by atoms with E-state index in [2.05, 4.69) is 10.6 Å². The molecule has 21 heavy (non-hydrogen) atoms. The molecule has 0 radical (unpaired) electrons. The number of nitrogens with one attached hydrogen (secondary N) is 2. The zero-order valence-corrected chi connectivity index (χ0v) is 11.2. The second kappa shape index (κ2) is 6.80. The van der Waals surface area contributed by atoms with E-state index in [0.29, 0.717) is 30.4 Å². The molecule has 1 aromatic rings. The summed E-state index contributed by atoms with van der Waals surface area (Å²) in [5.74, 6) is -0.138. The van der Waals surface area contributed by atoms with Crippen molar-refractivity contribution in [3.63, 3.8) is 0 Å². The van der Waals surface area contributed by atoms with Gasteiger partial charge >= 0.3 is 12.0 Å². The van der Waals surface area contributed by atoms with Crippen LogP contribution in [0.2, 0.25) is 0 Å². The van der Waals surface area contributed by atoms with E-state index in [1.54, 1.807) is 18.2 Å². The Labute approximate surface area is 120 Å². The Hall–Kier alpha value is -2.48. The largest absolute Gasteiger partial charge is 0.486 e. The van der Waals surface area contributed by atoms with Gasteiger partial charge in [0.15, 0.2) is 17.6 Å². The number of carboxylic acids is 1. The van der Waals surface area contributed by atoms with Crippen molar-refractivity contribution < 1.29 is 29.3 Å². The van der Waals surface area contributed by atoms with E-state index in [9.17, 15) is 9.59 Å². The molecule has 0 fully saturated rings. The number of carboxylic acid groups (broad SMARTS) is 1. The third-order valence-electron chi connectivity index (χ3n) is 2.79. The van der Waals surface area contributed by atoms with Gasteiger partial charge in [0.1, 0.15) is 13.2 Å². The highest BCUT2D eigenvalue weighted by Gasteiger charge is 2.14. The van der Waals surface area contributed by atoms with E-state index < -0.39 is 18.1 Å². The molecule has 2 rings (SSSR count). The van der Waals surface area contributed by atoms with Gasteiger partial charge in [-0.25, -0.2) is 9.59 Å². The lowest BCUT2D eigenvalue weighted by Gasteiger charge is -2.19. The van der Waals surface area contributed by atoms with Crippen LogP contribution < -0.4 is 20.1 Å². The normalized spacial score (nSPS) is 14.1. The van der Waals surface area contributed by atoms with Crippen LogP contribution in [0.25, 0.3) is 0 Å². The number of ether oxygens (including phenoxy) is 2. The Morgan fingerprint density at radius 2 is 1.95 bits per heavy atom. The lowest BCUT2D eigenvalue weighted by atomic mass is 10.2. The molecule has 4 N–H and O–H groups in total. The number of aliphatic hydroxyl groups excluding tert-OH is 1. The van der Waals surface area contributed by atoms with Gasteiger partial charge in [-0.1, -0.05) is 0 Å². The maximum absolute atomic E-state index is 11.6. The number of carbonyl (C=O) groups is 2. The van der Waals surface area contributed by atoms with Gasteiger partial charge in [-0.15, -0.1) is 0 Å². The van der Waals surface area contributed by atoms with Crippen LogP contribution >= 0.6 is 0 Å². The van der Waals surface area contributed by atoms with Gasteiger partial charge < -0.3 is 30.3 Å². The van der Waals surface area contributed by atoms with Crippen molar-refractivity contribution >= 4 is 17.7 Å². The Morgan fingerprint density at radius 3 is 2.67 bits per heavy atom. The van der Waals surface area contributed by atoms with E-state index in [0.717, 1.165) is 0 Å². The maximum atomic E-state index is 11.6. The van der Waals surface area contributed by atoms with E-state index in [4.69, 9.17) is 19.7 Å². The summed E-state index contributed by atoms with van der Waals surface area (Å²) in [6.07, 6.45) is -1.55. The first-order valence-electron chi connectivity index (χ1n) is 6.41.